The minimum absolute atomic E-state index is 0.494. The highest BCUT2D eigenvalue weighted by Gasteiger charge is 2.07. The van der Waals surface area contributed by atoms with Crippen molar-refractivity contribution in [3.05, 3.63) is 40.1 Å². The molecule has 0 fully saturated rings. The predicted octanol–water partition coefficient (Wildman–Crippen LogP) is 3.33. The summed E-state index contributed by atoms with van der Waals surface area (Å²) in [6, 6.07) is 7.72. The van der Waals surface area contributed by atoms with E-state index in [-0.39, 0.29) is 0 Å². The lowest BCUT2D eigenvalue weighted by molar-refractivity contribution is 0.292. The van der Waals surface area contributed by atoms with Gasteiger partial charge in [-0.25, -0.2) is 0 Å². The maximum absolute atomic E-state index is 5.80. The lowest BCUT2D eigenvalue weighted by Gasteiger charge is -2.09. The van der Waals surface area contributed by atoms with Crippen molar-refractivity contribution in [2.24, 2.45) is 7.05 Å². The molecule has 1 heterocycles. The van der Waals surface area contributed by atoms with Gasteiger partial charge in [0.05, 0.1) is 23.0 Å². The molecule has 1 aromatic carbocycles. The zero-order chi connectivity index (χ0) is 13.8. The number of rotatable bonds is 5. The fourth-order valence-electron chi connectivity index (χ4n) is 1.76. The number of aromatic nitrogens is 2. The molecule has 0 N–H and O–H groups in total. The number of aryl methyl sites for hydroxylation is 2. The van der Waals surface area contributed by atoms with Crippen LogP contribution in [-0.2, 0) is 20.1 Å². The van der Waals surface area contributed by atoms with Crippen LogP contribution in [0.1, 0.15) is 18.3 Å². The van der Waals surface area contributed by atoms with Gasteiger partial charge in [-0.3, -0.25) is 4.68 Å². The third-order valence-electron chi connectivity index (χ3n) is 2.90. The second-order valence-corrected chi connectivity index (χ2v) is 5.04. The molecule has 0 atom stereocenters. The van der Waals surface area contributed by atoms with Crippen LogP contribution in [0.4, 0.5) is 0 Å². The molecule has 0 aliphatic heterocycles. The van der Waals surface area contributed by atoms with Gasteiger partial charge in [-0.15, -0.1) is 0 Å². The van der Waals surface area contributed by atoms with Gasteiger partial charge in [0.15, 0.2) is 0 Å². The lowest BCUT2D eigenvalue weighted by Crippen LogP contribution is -2.03. The standard InChI is InChI=1S/C14H17BrN2O2/c1-4-10-7-11(17(2)16-10)9-19-14-6-5-12(18-3)8-13(14)15/h5-8H,4,9H2,1-3H3. The average molecular weight is 325 g/mol. The van der Waals surface area contributed by atoms with Gasteiger partial charge < -0.3 is 9.47 Å². The summed E-state index contributed by atoms with van der Waals surface area (Å²) >= 11 is 3.47. The van der Waals surface area contributed by atoms with Crippen LogP contribution in [0.2, 0.25) is 0 Å². The van der Waals surface area contributed by atoms with Gasteiger partial charge in [0, 0.05) is 7.05 Å². The third kappa shape index (κ3) is 3.29. The van der Waals surface area contributed by atoms with Gasteiger partial charge in [0.1, 0.15) is 18.1 Å². The summed E-state index contributed by atoms with van der Waals surface area (Å²) in [6.45, 7) is 2.58. The molecule has 0 aliphatic carbocycles. The SMILES string of the molecule is CCc1cc(COc2ccc(OC)cc2Br)n(C)n1. The summed E-state index contributed by atoms with van der Waals surface area (Å²) in [7, 11) is 3.57. The number of hydrogen-bond acceptors (Lipinski definition) is 3. The number of benzene rings is 1. The van der Waals surface area contributed by atoms with E-state index >= 15 is 0 Å². The number of nitrogens with zero attached hydrogens (tertiary/aromatic N) is 2. The molecule has 2 aromatic rings. The van der Waals surface area contributed by atoms with Crippen molar-refractivity contribution in [1.29, 1.82) is 0 Å². The first-order valence-electron chi connectivity index (χ1n) is 6.12. The molecule has 0 radical (unpaired) electrons. The van der Waals surface area contributed by atoms with Crippen molar-refractivity contribution in [1.82, 2.24) is 9.78 Å². The van der Waals surface area contributed by atoms with E-state index in [1.54, 1.807) is 7.11 Å². The summed E-state index contributed by atoms with van der Waals surface area (Å²) in [6.07, 6.45) is 0.931. The van der Waals surface area contributed by atoms with E-state index < -0.39 is 0 Å². The van der Waals surface area contributed by atoms with Crippen LogP contribution in [0.5, 0.6) is 11.5 Å². The fraction of sp³-hybridized carbons (Fsp3) is 0.357. The molecule has 5 heteroatoms. The monoisotopic (exact) mass is 324 g/mol. The number of halogens is 1. The van der Waals surface area contributed by atoms with E-state index in [1.807, 2.05) is 29.9 Å². The van der Waals surface area contributed by atoms with E-state index in [2.05, 4.69) is 34.0 Å². The van der Waals surface area contributed by atoms with E-state index in [1.165, 1.54) is 0 Å². The zero-order valence-electron chi connectivity index (χ0n) is 11.3. The van der Waals surface area contributed by atoms with Gasteiger partial charge in [-0.2, -0.15) is 5.10 Å². The summed E-state index contributed by atoms with van der Waals surface area (Å²) < 4.78 is 13.7. The molecule has 19 heavy (non-hydrogen) atoms. The van der Waals surface area contributed by atoms with Crippen molar-refractivity contribution >= 4 is 15.9 Å². The van der Waals surface area contributed by atoms with Gasteiger partial charge in [0.2, 0.25) is 0 Å². The highest BCUT2D eigenvalue weighted by atomic mass is 79.9. The topological polar surface area (TPSA) is 36.3 Å². The summed E-state index contributed by atoms with van der Waals surface area (Å²) in [4.78, 5) is 0. The molecule has 0 unspecified atom stereocenters. The van der Waals surface area contributed by atoms with E-state index in [4.69, 9.17) is 9.47 Å². The Balaban J connectivity index is 2.07. The predicted molar refractivity (Wildman–Crippen MR) is 77.6 cm³/mol. The van der Waals surface area contributed by atoms with Crippen LogP contribution in [0.3, 0.4) is 0 Å². The van der Waals surface area contributed by atoms with Crippen LogP contribution in [0.15, 0.2) is 28.7 Å². The van der Waals surface area contributed by atoms with Gasteiger partial charge in [-0.05, 0) is 46.6 Å². The Hall–Kier alpha value is -1.49. The lowest BCUT2D eigenvalue weighted by atomic mass is 10.3. The maximum Gasteiger partial charge on any atom is 0.134 e. The van der Waals surface area contributed by atoms with E-state index in [0.717, 1.165) is 33.8 Å². The van der Waals surface area contributed by atoms with Crippen molar-refractivity contribution in [2.45, 2.75) is 20.0 Å². The molecule has 0 spiro atoms. The molecule has 0 aliphatic rings. The van der Waals surface area contributed by atoms with Gasteiger partial charge in [-0.1, -0.05) is 6.92 Å². The Kier molecular flexibility index (Phi) is 4.47. The molecular formula is C14H17BrN2O2. The van der Waals surface area contributed by atoms with Crippen molar-refractivity contribution < 1.29 is 9.47 Å². The van der Waals surface area contributed by atoms with E-state index in [9.17, 15) is 0 Å². The minimum atomic E-state index is 0.494. The van der Waals surface area contributed by atoms with Crippen LogP contribution < -0.4 is 9.47 Å². The van der Waals surface area contributed by atoms with Crippen LogP contribution in [0.25, 0.3) is 0 Å². The highest BCUT2D eigenvalue weighted by molar-refractivity contribution is 9.10. The molecule has 4 nitrogen and oxygen atoms in total. The smallest absolute Gasteiger partial charge is 0.134 e. The summed E-state index contributed by atoms with van der Waals surface area (Å²) in [5.74, 6) is 1.59. The van der Waals surface area contributed by atoms with E-state index in [0.29, 0.717) is 6.61 Å². The molecule has 2 rings (SSSR count). The number of ether oxygens (including phenoxy) is 2. The summed E-state index contributed by atoms with van der Waals surface area (Å²) in [5.41, 5.74) is 2.13. The summed E-state index contributed by atoms with van der Waals surface area (Å²) in [5, 5.41) is 4.40. The first-order chi connectivity index (χ1) is 9.13. The van der Waals surface area contributed by atoms with Crippen LogP contribution in [-0.4, -0.2) is 16.9 Å². The Morgan fingerprint density at radius 2 is 2.11 bits per heavy atom. The third-order valence-corrected chi connectivity index (χ3v) is 3.52. The Labute approximate surface area is 121 Å². The van der Waals surface area contributed by atoms with Crippen LogP contribution in [0, 0.1) is 0 Å². The average Bonchev–Trinajstić information content (AvgIpc) is 2.78. The quantitative estimate of drug-likeness (QED) is 0.846. The van der Waals surface area contributed by atoms with Crippen molar-refractivity contribution in [3.8, 4) is 11.5 Å². The first kappa shape index (κ1) is 13.9. The second kappa shape index (κ2) is 6.10. The van der Waals surface area contributed by atoms with Crippen molar-refractivity contribution in [3.63, 3.8) is 0 Å². The second-order valence-electron chi connectivity index (χ2n) is 4.19. The van der Waals surface area contributed by atoms with Gasteiger partial charge in [0.25, 0.3) is 0 Å². The number of hydrogen-bond donors (Lipinski definition) is 0. The highest BCUT2D eigenvalue weighted by Crippen LogP contribution is 2.29. The molecule has 0 bridgehead atoms. The molecule has 0 saturated carbocycles. The molecule has 0 amide bonds. The largest absolute Gasteiger partial charge is 0.497 e. The molecule has 1 aromatic heterocycles. The van der Waals surface area contributed by atoms with Crippen LogP contribution >= 0.6 is 15.9 Å². The normalized spacial score (nSPS) is 10.5. The fourth-order valence-corrected chi connectivity index (χ4v) is 2.23. The Morgan fingerprint density at radius 3 is 2.68 bits per heavy atom. The minimum Gasteiger partial charge on any atom is -0.497 e. The molecular weight excluding hydrogens is 308 g/mol. The van der Waals surface area contributed by atoms with Crippen molar-refractivity contribution in [2.75, 3.05) is 7.11 Å². The Morgan fingerprint density at radius 1 is 1.32 bits per heavy atom. The molecule has 0 saturated heterocycles. The zero-order valence-corrected chi connectivity index (χ0v) is 12.9. The first-order valence-corrected chi connectivity index (χ1v) is 6.91. The van der Waals surface area contributed by atoms with Gasteiger partial charge >= 0.3 is 0 Å². The Bertz CT molecular complexity index is 567. The maximum atomic E-state index is 5.80. The number of methoxy groups -OCH3 is 1. The molecule has 102 valence electrons.